The molecule has 0 aliphatic carbocycles. The number of carbonyl (C=O) groups excluding carboxylic acids is 1. The fourth-order valence-electron chi connectivity index (χ4n) is 4.39. The van der Waals surface area contributed by atoms with Gasteiger partial charge in [0.25, 0.3) is 0 Å². The Morgan fingerprint density at radius 3 is 3.10 bits per heavy atom. The number of aryl methyl sites for hydroxylation is 1. The van der Waals surface area contributed by atoms with E-state index in [-0.39, 0.29) is 18.1 Å². The number of hydrogen-bond donors (Lipinski definition) is 1. The van der Waals surface area contributed by atoms with Gasteiger partial charge in [0.15, 0.2) is 0 Å². The Hall–Kier alpha value is -2.77. The number of amides is 1. The van der Waals surface area contributed by atoms with Crippen LogP contribution in [0.15, 0.2) is 30.7 Å². The van der Waals surface area contributed by atoms with Gasteiger partial charge in [-0.25, -0.2) is 4.98 Å². The minimum Gasteiger partial charge on any atom is -0.381 e. The Bertz CT molecular complexity index is 1080. The highest BCUT2D eigenvalue weighted by Gasteiger charge is 2.33. The topological polar surface area (TPSA) is 80.3 Å². The Labute approximate surface area is 169 Å². The number of aromatic nitrogens is 3. The van der Waals surface area contributed by atoms with Gasteiger partial charge < -0.3 is 19.4 Å². The van der Waals surface area contributed by atoms with Crippen LogP contribution in [-0.2, 0) is 20.7 Å². The summed E-state index contributed by atoms with van der Waals surface area (Å²) in [6, 6.07) is 4.09. The average molecular weight is 392 g/mol. The molecule has 0 radical (unpaired) electrons. The molecule has 5 rings (SSSR count). The molecule has 0 spiro atoms. The van der Waals surface area contributed by atoms with Crippen molar-refractivity contribution in [3.05, 3.63) is 42.0 Å². The molecule has 0 bridgehead atoms. The molecule has 0 aromatic carbocycles. The van der Waals surface area contributed by atoms with Crippen molar-refractivity contribution in [2.24, 2.45) is 0 Å². The lowest BCUT2D eigenvalue weighted by molar-refractivity contribution is -0.118. The predicted molar refractivity (Wildman–Crippen MR) is 110 cm³/mol. The van der Waals surface area contributed by atoms with E-state index in [0.717, 1.165) is 51.9 Å². The second-order valence-corrected chi connectivity index (χ2v) is 7.78. The third kappa shape index (κ3) is 3.20. The molecule has 0 saturated carbocycles. The van der Waals surface area contributed by atoms with Crippen LogP contribution in [0, 0.1) is 6.92 Å². The molecule has 7 heteroatoms. The molecule has 3 aromatic rings. The zero-order chi connectivity index (χ0) is 20.0. The average Bonchev–Trinajstić information content (AvgIpc) is 3.33. The van der Waals surface area contributed by atoms with Crippen molar-refractivity contribution in [3.63, 3.8) is 0 Å². The number of anilines is 1. The van der Waals surface area contributed by atoms with Gasteiger partial charge in [0, 0.05) is 55.2 Å². The van der Waals surface area contributed by atoms with E-state index < -0.39 is 0 Å². The summed E-state index contributed by atoms with van der Waals surface area (Å²) in [5, 5.41) is 1.09. The fraction of sp³-hybridized carbons (Fsp3) is 0.409. The second-order valence-electron chi connectivity index (χ2n) is 7.78. The maximum Gasteiger partial charge on any atom is 0.233 e. The van der Waals surface area contributed by atoms with Gasteiger partial charge in [-0.3, -0.25) is 9.78 Å². The summed E-state index contributed by atoms with van der Waals surface area (Å²) in [6.45, 7) is 3.28. The van der Waals surface area contributed by atoms with Gasteiger partial charge in [-0.15, -0.1) is 0 Å². The van der Waals surface area contributed by atoms with Gasteiger partial charge in [0.2, 0.25) is 5.91 Å². The number of nitrogens with zero attached hydrogens (tertiary/aromatic N) is 3. The maximum absolute atomic E-state index is 12.7. The number of hydrogen-bond acceptors (Lipinski definition) is 5. The molecule has 0 unspecified atom stereocenters. The van der Waals surface area contributed by atoms with Crippen LogP contribution >= 0.6 is 0 Å². The summed E-state index contributed by atoms with van der Waals surface area (Å²) in [4.78, 5) is 26.8. The molecular formula is C22H24N4O3. The molecule has 29 heavy (non-hydrogen) atoms. The number of H-pyrrole nitrogens is 1. The van der Waals surface area contributed by atoms with Crippen molar-refractivity contribution in [2.75, 3.05) is 25.2 Å². The second kappa shape index (κ2) is 7.24. The number of aromatic amines is 1. The third-order valence-corrected chi connectivity index (χ3v) is 6.06. The van der Waals surface area contributed by atoms with E-state index in [1.807, 2.05) is 29.6 Å². The van der Waals surface area contributed by atoms with E-state index in [0.29, 0.717) is 19.6 Å². The van der Waals surface area contributed by atoms with Crippen LogP contribution < -0.4 is 4.90 Å². The lowest BCUT2D eigenvalue weighted by Gasteiger charge is -2.31. The van der Waals surface area contributed by atoms with E-state index in [1.54, 1.807) is 7.11 Å². The minimum atomic E-state index is -0.0214. The third-order valence-electron chi connectivity index (χ3n) is 6.06. The normalized spacial score (nSPS) is 21.7. The molecule has 1 amide bonds. The first-order chi connectivity index (χ1) is 14.1. The zero-order valence-electron chi connectivity index (χ0n) is 16.6. The van der Waals surface area contributed by atoms with E-state index in [1.165, 1.54) is 0 Å². The maximum atomic E-state index is 12.7. The van der Waals surface area contributed by atoms with Crippen LogP contribution in [0.4, 0.5) is 5.69 Å². The molecule has 2 aliphatic rings. The van der Waals surface area contributed by atoms with Crippen molar-refractivity contribution in [1.82, 2.24) is 15.0 Å². The number of methoxy groups -OCH3 is 1. The first-order valence-corrected chi connectivity index (χ1v) is 10.0. The Kier molecular flexibility index (Phi) is 4.56. The van der Waals surface area contributed by atoms with E-state index in [9.17, 15) is 4.79 Å². The van der Waals surface area contributed by atoms with Crippen molar-refractivity contribution in [1.29, 1.82) is 0 Å². The SMILES string of the molecule is CO[C@@H]1CCO[C@H](CN2C(=O)Cc3ncc(-c4cnc5[nH]ccc5c4C)cc32)C1. The highest BCUT2D eigenvalue weighted by molar-refractivity contribution is 6.01. The summed E-state index contributed by atoms with van der Waals surface area (Å²) in [7, 11) is 1.73. The molecule has 2 aliphatic heterocycles. The highest BCUT2D eigenvalue weighted by Crippen LogP contribution is 2.35. The zero-order valence-corrected chi connectivity index (χ0v) is 16.6. The van der Waals surface area contributed by atoms with Crippen LogP contribution in [0.3, 0.4) is 0 Å². The molecule has 150 valence electrons. The minimum absolute atomic E-state index is 0.0214. The van der Waals surface area contributed by atoms with Crippen LogP contribution in [0.2, 0.25) is 0 Å². The van der Waals surface area contributed by atoms with E-state index in [2.05, 4.69) is 27.9 Å². The standard InChI is InChI=1S/C22H24N4O3/c1-13-17-3-5-23-22(17)25-11-18(13)14-7-20-19(24-10-14)9-21(27)26(20)12-16-8-15(28-2)4-6-29-16/h3,5,7,10-11,15-16H,4,6,8-9,12H2,1-2H3,(H,23,25)/t15-,16+/m1/s1. The van der Waals surface area contributed by atoms with Crippen LogP contribution in [0.5, 0.6) is 0 Å². The number of ether oxygens (including phenoxy) is 2. The number of carbonyl (C=O) groups is 1. The summed E-state index contributed by atoms with van der Waals surface area (Å²) < 4.78 is 11.4. The molecule has 3 aromatic heterocycles. The van der Waals surface area contributed by atoms with Gasteiger partial charge in [-0.2, -0.15) is 0 Å². The number of fused-ring (bicyclic) bond motifs is 2. The molecule has 5 heterocycles. The molecule has 1 fully saturated rings. The first-order valence-electron chi connectivity index (χ1n) is 10.0. The van der Waals surface area contributed by atoms with Crippen molar-refractivity contribution >= 4 is 22.6 Å². The van der Waals surface area contributed by atoms with Crippen LogP contribution in [0.1, 0.15) is 24.1 Å². The quantitative estimate of drug-likeness (QED) is 0.738. The van der Waals surface area contributed by atoms with Crippen molar-refractivity contribution in [3.8, 4) is 11.1 Å². The molecule has 1 saturated heterocycles. The van der Waals surface area contributed by atoms with Gasteiger partial charge in [-0.1, -0.05) is 0 Å². The summed E-state index contributed by atoms with van der Waals surface area (Å²) >= 11 is 0. The number of pyridine rings is 2. The smallest absolute Gasteiger partial charge is 0.233 e. The number of rotatable bonds is 4. The summed E-state index contributed by atoms with van der Waals surface area (Å²) in [6.07, 6.45) is 7.82. The lowest BCUT2D eigenvalue weighted by Crippen LogP contribution is -2.41. The van der Waals surface area contributed by atoms with Gasteiger partial charge in [0.05, 0.1) is 36.6 Å². The lowest BCUT2D eigenvalue weighted by atomic mass is 10.0. The Morgan fingerprint density at radius 2 is 2.24 bits per heavy atom. The van der Waals surface area contributed by atoms with Crippen LogP contribution in [-0.4, -0.2) is 53.3 Å². The first kappa shape index (κ1) is 18.3. The monoisotopic (exact) mass is 392 g/mol. The van der Waals surface area contributed by atoms with Gasteiger partial charge >= 0.3 is 0 Å². The molecule has 7 nitrogen and oxygen atoms in total. The fourth-order valence-corrected chi connectivity index (χ4v) is 4.39. The van der Waals surface area contributed by atoms with Gasteiger partial charge in [-0.05, 0) is 31.0 Å². The van der Waals surface area contributed by atoms with Crippen LogP contribution in [0.25, 0.3) is 22.2 Å². The summed E-state index contributed by atoms with van der Waals surface area (Å²) in [5.74, 6) is 0.0729. The van der Waals surface area contributed by atoms with Gasteiger partial charge in [0.1, 0.15) is 5.65 Å². The molecule has 2 atom stereocenters. The molecule has 1 N–H and O–H groups in total. The Balaban J connectivity index is 1.47. The van der Waals surface area contributed by atoms with Crippen molar-refractivity contribution < 1.29 is 14.3 Å². The largest absolute Gasteiger partial charge is 0.381 e. The van der Waals surface area contributed by atoms with E-state index in [4.69, 9.17) is 9.47 Å². The predicted octanol–water partition coefficient (Wildman–Crippen LogP) is 3.02. The van der Waals surface area contributed by atoms with Crippen molar-refractivity contribution in [2.45, 2.75) is 38.4 Å². The summed E-state index contributed by atoms with van der Waals surface area (Å²) in [5.41, 5.74) is 5.72. The highest BCUT2D eigenvalue weighted by atomic mass is 16.5. The van der Waals surface area contributed by atoms with E-state index >= 15 is 0 Å². The Morgan fingerprint density at radius 1 is 1.34 bits per heavy atom. The molecular weight excluding hydrogens is 368 g/mol. The number of nitrogens with one attached hydrogen (secondary N) is 1.